The van der Waals surface area contributed by atoms with E-state index in [4.69, 9.17) is 16.3 Å². The van der Waals surface area contributed by atoms with Crippen LogP contribution in [0.4, 0.5) is 0 Å². The van der Waals surface area contributed by atoms with Crippen molar-refractivity contribution in [3.63, 3.8) is 0 Å². The molecule has 0 spiro atoms. The summed E-state index contributed by atoms with van der Waals surface area (Å²) in [7, 11) is 3.50. The molecule has 0 fully saturated rings. The van der Waals surface area contributed by atoms with E-state index >= 15 is 0 Å². The van der Waals surface area contributed by atoms with Crippen LogP contribution in [0.2, 0.25) is 5.02 Å². The van der Waals surface area contributed by atoms with E-state index in [0.717, 1.165) is 29.1 Å². The molecule has 5 nitrogen and oxygen atoms in total. The summed E-state index contributed by atoms with van der Waals surface area (Å²) in [5.74, 6) is 0.747. The molecule has 120 valence electrons. The summed E-state index contributed by atoms with van der Waals surface area (Å²) in [6.45, 7) is 3.05. The average molecular weight is 324 g/mol. The molecule has 2 rings (SSSR count). The van der Waals surface area contributed by atoms with Crippen LogP contribution in [0.5, 0.6) is 5.88 Å². The maximum atomic E-state index is 10.2. The number of hydrogen-bond acceptors (Lipinski definition) is 4. The van der Waals surface area contributed by atoms with E-state index in [0.29, 0.717) is 18.1 Å². The molecule has 1 aromatic heterocycles. The number of benzene rings is 1. The Kier molecular flexibility index (Phi) is 5.83. The Hall–Kier alpha value is -1.56. The van der Waals surface area contributed by atoms with Gasteiger partial charge in [0.25, 0.3) is 0 Å². The molecule has 1 atom stereocenters. The Balaban J connectivity index is 2.01. The summed E-state index contributed by atoms with van der Waals surface area (Å²) < 4.78 is 7.13. The molecule has 0 saturated carbocycles. The molecule has 6 heteroatoms. The van der Waals surface area contributed by atoms with Crippen molar-refractivity contribution in [3.05, 3.63) is 46.1 Å². The van der Waals surface area contributed by atoms with Gasteiger partial charge in [0.2, 0.25) is 5.88 Å². The molecule has 1 unspecified atom stereocenters. The molecule has 1 aromatic carbocycles. The summed E-state index contributed by atoms with van der Waals surface area (Å²) >= 11 is 6.09. The molecule has 0 amide bonds. The fourth-order valence-electron chi connectivity index (χ4n) is 2.51. The van der Waals surface area contributed by atoms with E-state index in [2.05, 4.69) is 17.3 Å². The highest BCUT2D eigenvalue weighted by molar-refractivity contribution is 6.31. The number of nitrogens with one attached hydrogen (secondary N) is 1. The van der Waals surface area contributed by atoms with Gasteiger partial charge in [0, 0.05) is 30.7 Å². The van der Waals surface area contributed by atoms with Crippen molar-refractivity contribution in [1.29, 1.82) is 0 Å². The van der Waals surface area contributed by atoms with Crippen molar-refractivity contribution in [2.24, 2.45) is 7.05 Å². The highest BCUT2D eigenvalue weighted by atomic mass is 35.5. The van der Waals surface area contributed by atoms with Crippen molar-refractivity contribution in [1.82, 2.24) is 15.1 Å². The molecule has 0 aliphatic heterocycles. The SMILES string of the molecule is CCc1nn(C)c(OC)c1CNCC(O)c1ccccc1Cl. The van der Waals surface area contributed by atoms with Gasteiger partial charge >= 0.3 is 0 Å². The largest absolute Gasteiger partial charge is 0.481 e. The number of halogens is 1. The fourth-order valence-corrected chi connectivity index (χ4v) is 2.77. The van der Waals surface area contributed by atoms with Gasteiger partial charge in [0.15, 0.2) is 0 Å². The monoisotopic (exact) mass is 323 g/mol. The highest BCUT2D eigenvalue weighted by Crippen LogP contribution is 2.24. The highest BCUT2D eigenvalue weighted by Gasteiger charge is 2.16. The van der Waals surface area contributed by atoms with Crippen molar-refractivity contribution in [2.75, 3.05) is 13.7 Å². The van der Waals surface area contributed by atoms with Crippen LogP contribution in [0.3, 0.4) is 0 Å². The minimum Gasteiger partial charge on any atom is -0.481 e. The van der Waals surface area contributed by atoms with Crippen molar-refractivity contribution < 1.29 is 9.84 Å². The summed E-state index contributed by atoms with van der Waals surface area (Å²) in [6, 6.07) is 7.32. The van der Waals surface area contributed by atoms with Gasteiger partial charge in [-0.1, -0.05) is 36.7 Å². The standard InChI is InChI=1S/C16H22ClN3O2/c1-4-14-12(16(22-3)20(2)19-14)9-18-10-15(21)11-7-5-6-8-13(11)17/h5-8,15,18,21H,4,9-10H2,1-3H3. The molecular weight excluding hydrogens is 302 g/mol. The molecule has 0 bridgehead atoms. The van der Waals surface area contributed by atoms with Gasteiger partial charge in [-0.25, -0.2) is 4.68 Å². The van der Waals surface area contributed by atoms with Crippen LogP contribution >= 0.6 is 11.6 Å². The number of aliphatic hydroxyl groups is 1. The lowest BCUT2D eigenvalue weighted by atomic mass is 10.1. The van der Waals surface area contributed by atoms with Crippen LogP contribution in [-0.4, -0.2) is 28.5 Å². The zero-order chi connectivity index (χ0) is 16.1. The Morgan fingerprint density at radius 3 is 2.77 bits per heavy atom. The minimum absolute atomic E-state index is 0.408. The number of methoxy groups -OCH3 is 1. The molecule has 0 saturated heterocycles. The third-order valence-corrected chi connectivity index (χ3v) is 3.95. The number of aryl methyl sites for hydroxylation is 2. The predicted octanol–water partition coefficient (Wildman–Crippen LogP) is 2.47. The third kappa shape index (κ3) is 3.61. The molecule has 2 N–H and O–H groups in total. The summed E-state index contributed by atoms with van der Waals surface area (Å²) in [5, 5.41) is 18.5. The lowest BCUT2D eigenvalue weighted by Crippen LogP contribution is -2.22. The van der Waals surface area contributed by atoms with Crippen LogP contribution < -0.4 is 10.1 Å². The fraction of sp³-hybridized carbons (Fsp3) is 0.438. The zero-order valence-electron chi connectivity index (χ0n) is 13.1. The van der Waals surface area contributed by atoms with E-state index in [1.165, 1.54) is 0 Å². The van der Waals surface area contributed by atoms with Crippen LogP contribution in [0, 0.1) is 0 Å². The minimum atomic E-state index is -0.651. The molecule has 1 heterocycles. The number of hydrogen-bond donors (Lipinski definition) is 2. The second-order valence-corrected chi connectivity index (χ2v) is 5.49. The summed E-state index contributed by atoms with van der Waals surface area (Å²) in [6.07, 6.45) is 0.183. The third-order valence-electron chi connectivity index (χ3n) is 3.60. The topological polar surface area (TPSA) is 59.3 Å². The number of rotatable bonds is 7. The number of aliphatic hydroxyl groups excluding tert-OH is 1. The van der Waals surface area contributed by atoms with Gasteiger partial charge in [-0.3, -0.25) is 0 Å². The quantitative estimate of drug-likeness (QED) is 0.822. The second kappa shape index (κ2) is 7.63. The molecular formula is C16H22ClN3O2. The van der Waals surface area contributed by atoms with E-state index in [1.807, 2.05) is 25.2 Å². The lowest BCUT2D eigenvalue weighted by molar-refractivity contribution is 0.174. The molecule has 2 aromatic rings. The van der Waals surface area contributed by atoms with Gasteiger partial charge in [-0.2, -0.15) is 5.10 Å². The van der Waals surface area contributed by atoms with Crippen molar-refractivity contribution in [3.8, 4) is 5.88 Å². The van der Waals surface area contributed by atoms with Crippen LogP contribution in [-0.2, 0) is 20.0 Å². The second-order valence-electron chi connectivity index (χ2n) is 5.08. The molecule has 22 heavy (non-hydrogen) atoms. The first kappa shape index (κ1) is 16.8. The Labute approximate surface area is 135 Å². The number of aromatic nitrogens is 2. The molecule has 0 radical (unpaired) electrons. The smallest absolute Gasteiger partial charge is 0.216 e. The van der Waals surface area contributed by atoms with Gasteiger partial charge in [-0.05, 0) is 12.5 Å². The van der Waals surface area contributed by atoms with E-state index < -0.39 is 6.10 Å². The van der Waals surface area contributed by atoms with Crippen LogP contribution in [0.15, 0.2) is 24.3 Å². The summed E-state index contributed by atoms with van der Waals surface area (Å²) in [4.78, 5) is 0. The Morgan fingerprint density at radius 2 is 2.14 bits per heavy atom. The number of ether oxygens (including phenoxy) is 1. The van der Waals surface area contributed by atoms with Crippen molar-refractivity contribution >= 4 is 11.6 Å². The van der Waals surface area contributed by atoms with Crippen LogP contribution in [0.1, 0.15) is 29.8 Å². The lowest BCUT2D eigenvalue weighted by Gasteiger charge is -2.14. The maximum Gasteiger partial charge on any atom is 0.216 e. The average Bonchev–Trinajstić information content (AvgIpc) is 2.82. The van der Waals surface area contributed by atoms with Gasteiger partial charge in [0.05, 0.1) is 24.5 Å². The van der Waals surface area contributed by atoms with Crippen molar-refractivity contribution in [2.45, 2.75) is 26.0 Å². The summed E-state index contributed by atoms with van der Waals surface area (Å²) in [5.41, 5.74) is 2.75. The number of nitrogens with zero attached hydrogens (tertiary/aromatic N) is 2. The van der Waals surface area contributed by atoms with Gasteiger partial charge < -0.3 is 15.2 Å². The molecule has 0 aliphatic carbocycles. The predicted molar refractivity (Wildman–Crippen MR) is 87.3 cm³/mol. The maximum absolute atomic E-state index is 10.2. The van der Waals surface area contributed by atoms with E-state index in [-0.39, 0.29) is 0 Å². The van der Waals surface area contributed by atoms with Crippen LogP contribution in [0.25, 0.3) is 0 Å². The molecule has 0 aliphatic rings. The van der Waals surface area contributed by atoms with Gasteiger partial charge in [-0.15, -0.1) is 0 Å². The van der Waals surface area contributed by atoms with E-state index in [9.17, 15) is 5.11 Å². The van der Waals surface area contributed by atoms with Gasteiger partial charge in [0.1, 0.15) is 0 Å². The Bertz CT molecular complexity index is 628. The first-order valence-corrected chi connectivity index (χ1v) is 7.68. The Morgan fingerprint density at radius 1 is 1.41 bits per heavy atom. The first-order valence-electron chi connectivity index (χ1n) is 7.30. The normalized spacial score (nSPS) is 12.4. The van der Waals surface area contributed by atoms with E-state index in [1.54, 1.807) is 17.9 Å². The first-order chi connectivity index (χ1) is 10.6. The zero-order valence-corrected chi connectivity index (χ0v) is 13.9.